The van der Waals surface area contributed by atoms with Gasteiger partial charge in [-0.3, -0.25) is 14.5 Å². The van der Waals surface area contributed by atoms with Crippen LogP contribution in [0.2, 0.25) is 0 Å². The summed E-state index contributed by atoms with van der Waals surface area (Å²) in [4.78, 5) is 41.6. The van der Waals surface area contributed by atoms with Gasteiger partial charge < -0.3 is 23.4 Å². The Balaban J connectivity index is 1.69. The number of rotatable bonds is 9. The second kappa shape index (κ2) is 11.3. The minimum absolute atomic E-state index is 0.000939. The lowest BCUT2D eigenvalue weighted by Gasteiger charge is -2.26. The SMILES string of the molecule is CCCCOC(=O)c1ccc(N2C(=O)c3oc4ccc(F)cc4c(=O)c3C2c2cc(OC)c(OC)c(OC)c2)cc1. The number of nitrogens with zero attached hydrogens (tertiary/aromatic N) is 1. The minimum Gasteiger partial charge on any atom is -0.493 e. The van der Waals surface area contributed by atoms with E-state index in [1.54, 1.807) is 36.4 Å². The number of unbranched alkanes of at least 4 members (excludes halogenated alkanes) is 1. The number of halogens is 1. The third kappa shape index (κ3) is 4.86. The Labute approximate surface area is 235 Å². The average molecular weight is 562 g/mol. The van der Waals surface area contributed by atoms with Gasteiger partial charge in [-0.2, -0.15) is 0 Å². The fourth-order valence-corrected chi connectivity index (χ4v) is 4.94. The monoisotopic (exact) mass is 561 g/mol. The zero-order valence-corrected chi connectivity index (χ0v) is 23.0. The molecule has 0 saturated carbocycles. The van der Waals surface area contributed by atoms with E-state index in [2.05, 4.69) is 0 Å². The van der Waals surface area contributed by atoms with E-state index in [9.17, 15) is 18.8 Å². The summed E-state index contributed by atoms with van der Waals surface area (Å²) in [6.07, 6.45) is 1.64. The molecular formula is C31H28FNO8. The Bertz CT molecular complexity index is 1670. The highest BCUT2D eigenvalue weighted by molar-refractivity contribution is 6.11. The Kier molecular flexibility index (Phi) is 7.65. The fourth-order valence-electron chi connectivity index (χ4n) is 4.94. The molecule has 0 bridgehead atoms. The maximum Gasteiger partial charge on any atom is 0.338 e. The molecule has 9 nitrogen and oxygen atoms in total. The summed E-state index contributed by atoms with van der Waals surface area (Å²) in [6.45, 7) is 2.30. The molecule has 1 aromatic heterocycles. The molecule has 4 aromatic rings. The molecule has 1 aliphatic rings. The van der Waals surface area contributed by atoms with E-state index < -0.39 is 29.2 Å². The van der Waals surface area contributed by atoms with Crippen molar-refractivity contribution in [3.05, 3.63) is 93.1 Å². The lowest BCUT2D eigenvalue weighted by Crippen LogP contribution is -2.29. The van der Waals surface area contributed by atoms with Crippen molar-refractivity contribution in [3.8, 4) is 17.2 Å². The summed E-state index contributed by atoms with van der Waals surface area (Å²) < 4.78 is 41.8. The first kappa shape index (κ1) is 27.7. The van der Waals surface area contributed by atoms with Crippen molar-refractivity contribution in [1.29, 1.82) is 0 Å². The fraction of sp³-hybridized carbons (Fsp3) is 0.258. The number of hydrogen-bond donors (Lipinski definition) is 0. The Morgan fingerprint density at radius 3 is 2.24 bits per heavy atom. The van der Waals surface area contributed by atoms with Gasteiger partial charge in [-0.1, -0.05) is 13.3 Å². The first-order chi connectivity index (χ1) is 19.8. The quantitative estimate of drug-likeness (QED) is 0.190. The highest BCUT2D eigenvalue weighted by atomic mass is 19.1. The second-order valence-corrected chi connectivity index (χ2v) is 9.39. The molecule has 0 saturated heterocycles. The molecule has 5 rings (SSSR count). The van der Waals surface area contributed by atoms with Gasteiger partial charge in [0, 0.05) is 5.69 Å². The van der Waals surface area contributed by atoms with Gasteiger partial charge in [0.15, 0.2) is 16.9 Å². The molecule has 1 amide bonds. The summed E-state index contributed by atoms with van der Waals surface area (Å²) in [5.74, 6) is -0.901. The normalized spacial score (nSPS) is 14.2. The lowest BCUT2D eigenvalue weighted by atomic mass is 9.97. The van der Waals surface area contributed by atoms with Crippen LogP contribution in [0, 0.1) is 5.82 Å². The number of anilines is 1. The standard InChI is InChI=1S/C31H28FNO8/c1-5-6-13-40-31(36)17-7-10-20(11-8-17)33-26(18-14-23(37-2)28(39-4)24(15-18)38-3)25-27(34)21-16-19(32)9-12-22(21)41-29(25)30(33)35/h7-12,14-16,26H,5-6,13H2,1-4H3. The predicted octanol–water partition coefficient (Wildman–Crippen LogP) is 5.66. The van der Waals surface area contributed by atoms with Crippen molar-refractivity contribution in [3.63, 3.8) is 0 Å². The van der Waals surface area contributed by atoms with E-state index in [0.29, 0.717) is 40.7 Å². The van der Waals surface area contributed by atoms with Crippen LogP contribution in [-0.4, -0.2) is 39.8 Å². The van der Waals surface area contributed by atoms with Crippen molar-refractivity contribution in [2.75, 3.05) is 32.8 Å². The van der Waals surface area contributed by atoms with E-state index in [1.165, 1.54) is 32.3 Å². The van der Waals surface area contributed by atoms with Crippen molar-refractivity contribution < 1.29 is 37.3 Å². The van der Waals surface area contributed by atoms with E-state index >= 15 is 0 Å². The summed E-state index contributed by atoms with van der Waals surface area (Å²) in [5.41, 5.74) is 0.724. The average Bonchev–Trinajstić information content (AvgIpc) is 3.28. The van der Waals surface area contributed by atoms with Crippen molar-refractivity contribution in [1.82, 2.24) is 0 Å². The highest BCUT2D eigenvalue weighted by Crippen LogP contribution is 2.46. The Morgan fingerprint density at radius 1 is 0.951 bits per heavy atom. The maximum atomic E-state index is 14.1. The van der Waals surface area contributed by atoms with Crippen LogP contribution in [0.1, 0.15) is 57.8 Å². The molecule has 41 heavy (non-hydrogen) atoms. The molecular weight excluding hydrogens is 533 g/mol. The number of benzene rings is 3. The van der Waals surface area contributed by atoms with Gasteiger partial charge in [0.1, 0.15) is 11.4 Å². The number of carbonyl (C=O) groups is 2. The number of hydrogen-bond acceptors (Lipinski definition) is 8. The maximum absolute atomic E-state index is 14.1. The van der Waals surface area contributed by atoms with Crippen LogP contribution < -0.4 is 24.5 Å². The third-order valence-corrected chi connectivity index (χ3v) is 6.95. The van der Waals surface area contributed by atoms with Gasteiger partial charge in [-0.05, 0) is 66.6 Å². The number of amides is 1. The molecule has 2 heterocycles. The molecule has 0 N–H and O–H groups in total. The van der Waals surface area contributed by atoms with E-state index in [1.807, 2.05) is 6.92 Å². The smallest absolute Gasteiger partial charge is 0.338 e. The largest absolute Gasteiger partial charge is 0.493 e. The van der Waals surface area contributed by atoms with E-state index in [0.717, 1.165) is 25.0 Å². The van der Waals surface area contributed by atoms with E-state index in [-0.39, 0.29) is 22.3 Å². The zero-order valence-electron chi connectivity index (χ0n) is 23.0. The number of esters is 1. The van der Waals surface area contributed by atoms with Crippen LogP contribution in [0.5, 0.6) is 17.2 Å². The molecule has 212 valence electrons. The Hall–Kier alpha value is -4.86. The van der Waals surface area contributed by atoms with Gasteiger partial charge in [0.25, 0.3) is 5.91 Å². The van der Waals surface area contributed by atoms with Crippen molar-refractivity contribution >= 4 is 28.5 Å². The van der Waals surface area contributed by atoms with Crippen LogP contribution in [0.4, 0.5) is 10.1 Å². The summed E-state index contributed by atoms with van der Waals surface area (Å²) in [6, 6.07) is 12.1. The summed E-state index contributed by atoms with van der Waals surface area (Å²) in [5, 5.41) is 0.000939. The first-order valence-corrected chi connectivity index (χ1v) is 13.0. The molecule has 1 atom stereocenters. The van der Waals surface area contributed by atoms with Crippen LogP contribution in [0.25, 0.3) is 11.0 Å². The lowest BCUT2D eigenvalue weighted by molar-refractivity contribution is 0.0499. The van der Waals surface area contributed by atoms with Crippen molar-refractivity contribution in [2.45, 2.75) is 25.8 Å². The molecule has 0 spiro atoms. The molecule has 10 heteroatoms. The highest BCUT2D eigenvalue weighted by Gasteiger charge is 2.44. The van der Waals surface area contributed by atoms with Crippen molar-refractivity contribution in [2.24, 2.45) is 0 Å². The first-order valence-electron chi connectivity index (χ1n) is 13.0. The van der Waals surface area contributed by atoms with Crippen LogP contribution >= 0.6 is 0 Å². The minimum atomic E-state index is -1.00. The molecule has 0 radical (unpaired) electrons. The Morgan fingerprint density at radius 2 is 1.63 bits per heavy atom. The number of carbonyl (C=O) groups excluding carboxylic acids is 2. The second-order valence-electron chi connectivity index (χ2n) is 9.39. The van der Waals surface area contributed by atoms with Gasteiger partial charge >= 0.3 is 5.97 Å². The third-order valence-electron chi connectivity index (χ3n) is 6.95. The molecule has 1 aliphatic heterocycles. The van der Waals surface area contributed by atoms with Gasteiger partial charge in [-0.25, -0.2) is 9.18 Å². The topological polar surface area (TPSA) is 105 Å². The summed E-state index contributed by atoms with van der Waals surface area (Å²) >= 11 is 0. The van der Waals surface area contributed by atoms with Gasteiger partial charge in [0.05, 0.1) is 50.5 Å². The van der Waals surface area contributed by atoms with E-state index in [4.69, 9.17) is 23.4 Å². The molecule has 3 aromatic carbocycles. The van der Waals surface area contributed by atoms with Crippen LogP contribution in [-0.2, 0) is 4.74 Å². The van der Waals surface area contributed by atoms with Crippen LogP contribution in [0.15, 0.2) is 63.8 Å². The molecule has 1 unspecified atom stereocenters. The number of fused-ring (bicyclic) bond motifs is 2. The van der Waals surface area contributed by atoms with Gasteiger partial charge in [-0.15, -0.1) is 0 Å². The molecule has 0 aliphatic carbocycles. The number of methoxy groups -OCH3 is 3. The summed E-state index contributed by atoms with van der Waals surface area (Å²) in [7, 11) is 4.37. The predicted molar refractivity (Wildman–Crippen MR) is 149 cm³/mol. The van der Waals surface area contributed by atoms with Crippen LogP contribution in [0.3, 0.4) is 0 Å². The molecule has 0 fully saturated rings. The van der Waals surface area contributed by atoms with Gasteiger partial charge in [0.2, 0.25) is 11.5 Å². The number of ether oxygens (including phenoxy) is 4. The zero-order chi connectivity index (χ0) is 29.3.